The Kier molecular flexibility index (Phi) is 10.7. The first-order valence-corrected chi connectivity index (χ1v) is 6.22. The van der Waals surface area contributed by atoms with Crippen LogP contribution in [0.3, 0.4) is 0 Å². The molecule has 0 aliphatic rings. The normalized spacial score (nSPS) is 10.4. The number of hydrogen-bond donors (Lipinski definition) is 0. The zero-order valence-electron chi connectivity index (χ0n) is 11.8. The Labute approximate surface area is 117 Å². The van der Waals surface area contributed by atoms with Crippen LogP contribution in [-0.4, -0.2) is 19.2 Å². The highest BCUT2D eigenvalue weighted by Crippen LogP contribution is 2.20. The molecule has 0 spiro atoms. The van der Waals surface area contributed by atoms with Gasteiger partial charge in [-0.25, -0.2) is 0 Å². The van der Waals surface area contributed by atoms with Crippen molar-refractivity contribution >= 4 is 12.1 Å². The number of hydrogen-bond acceptors (Lipinski definition) is 3. The average molecular weight is 266 g/mol. The summed E-state index contributed by atoms with van der Waals surface area (Å²) in [5.74, 6) is 0.480. The van der Waals surface area contributed by atoms with Crippen LogP contribution in [0.5, 0.6) is 5.75 Å². The van der Waals surface area contributed by atoms with Crippen LogP contribution in [0.1, 0.15) is 50.5 Å². The van der Waals surface area contributed by atoms with Crippen molar-refractivity contribution in [1.82, 2.24) is 0 Å². The third-order valence-electron chi connectivity index (χ3n) is 2.60. The van der Waals surface area contributed by atoms with Crippen LogP contribution in [0.4, 0.5) is 0 Å². The van der Waals surface area contributed by atoms with Gasteiger partial charge in [-0.3, -0.25) is 4.79 Å². The van der Waals surface area contributed by atoms with Gasteiger partial charge < -0.3 is 9.53 Å². The van der Waals surface area contributed by atoms with Crippen molar-refractivity contribution in [3.8, 4) is 5.75 Å². The van der Waals surface area contributed by atoms with Gasteiger partial charge in [-0.15, -0.1) is 0 Å². The molecule has 1 aromatic rings. The molecule has 0 N–H and O–H groups in total. The van der Waals surface area contributed by atoms with E-state index in [9.17, 15) is 9.59 Å². The van der Waals surface area contributed by atoms with E-state index in [1.807, 2.05) is 26.8 Å². The van der Waals surface area contributed by atoms with Crippen molar-refractivity contribution in [2.45, 2.75) is 41.5 Å². The van der Waals surface area contributed by atoms with Crippen molar-refractivity contribution in [3.05, 3.63) is 29.3 Å². The summed E-state index contributed by atoms with van der Waals surface area (Å²) in [6, 6.07) is 5.33. The second-order valence-corrected chi connectivity index (χ2v) is 3.85. The largest absolute Gasteiger partial charge is 0.497 e. The topological polar surface area (TPSA) is 43.4 Å². The van der Waals surface area contributed by atoms with E-state index in [2.05, 4.69) is 0 Å². The molecule has 0 aromatic heterocycles. The van der Waals surface area contributed by atoms with Gasteiger partial charge >= 0.3 is 0 Å². The van der Waals surface area contributed by atoms with E-state index in [0.29, 0.717) is 5.56 Å². The van der Waals surface area contributed by atoms with Gasteiger partial charge in [-0.1, -0.05) is 28.2 Å². The fourth-order valence-electron chi connectivity index (χ4n) is 1.56. The summed E-state index contributed by atoms with van der Waals surface area (Å²) in [6.07, 6.45) is 1.05. The number of ether oxygens (including phenoxy) is 1. The first-order chi connectivity index (χ1) is 8.60. The molecule has 19 heavy (non-hydrogen) atoms. The van der Waals surface area contributed by atoms with Crippen molar-refractivity contribution in [2.75, 3.05) is 7.11 Å². The minimum absolute atomic E-state index is 0. The maximum Gasteiger partial charge on any atom is 0.166 e. The number of rotatable bonds is 5. The molecule has 1 aromatic carbocycles. The van der Waals surface area contributed by atoms with E-state index in [4.69, 9.17) is 4.74 Å². The first-order valence-electron chi connectivity index (χ1n) is 6.22. The Morgan fingerprint density at radius 3 is 2.37 bits per heavy atom. The number of carbonyl (C=O) groups is 2. The van der Waals surface area contributed by atoms with E-state index in [1.165, 1.54) is 0 Å². The molecule has 0 bridgehead atoms. The Morgan fingerprint density at radius 2 is 1.95 bits per heavy atom. The molecule has 0 heterocycles. The highest BCUT2D eigenvalue weighted by molar-refractivity contribution is 5.99. The van der Waals surface area contributed by atoms with Gasteiger partial charge in [-0.2, -0.15) is 0 Å². The standard InChI is InChI=1S/C13H16O3.C2H6.CH4/c1-9(6-7-14)13(15)12-5-4-11(16-3)8-10(12)2;1-2;/h4-5,7-9H,6H2,1-3H3;1-2H3;1H4. The van der Waals surface area contributed by atoms with Gasteiger partial charge in [0.2, 0.25) is 0 Å². The maximum atomic E-state index is 12.0. The highest BCUT2D eigenvalue weighted by atomic mass is 16.5. The van der Waals surface area contributed by atoms with E-state index in [1.54, 1.807) is 26.2 Å². The second kappa shape index (κ2) is 10.3. The van der Waals surface area contributed by atoms with Crippen LogP contribution in [0, 0.1) is 12.8 Å². The number of benzene rings is 1. The van der Waals surface area contributed by atoms with Crippen LogP contribution in [0.25, 0.3) is 0 Å². The molecular formula is C16H26O3. The Bertz CT molecular complexity index is 397. The third-order valence-corrected chi connectivity index (χ3v) is 2.60. The molecule has 0 saturated carbocycles. The molecule has 0 saturated heterocycles. The van der Waals surface area contributed by atoms with Gasteiger partial charge in [0.25, 0.3) is 0 Å². The molecule has 1 atom stereocenters. The first kappa shape index (κ1) is 19.7. The lowest BCUT2D eigenvalue weighted by molar-refractivity contribution is -0.108. The minimum atomic E-state index is -0.260. The summed E-state index contributed by atoms with van der Waals surface area (Å²) < 4.78 is 5.07. The maximum absolute atomic E-state index is 12.0. The van der Waals surface area contributed by atoms with Crippen LogP contribution < -0.4 is 4.74 Å². The summed E-state index contributed by atoms with van der Waals surface area (Å²) in [7, 11) is 1.59. The predicted molar refractivity (Wildman–Crippen MR) is 80.0 cm³/mol. The van der Waals surface area contributed by atoms with E-state index in [-0.39, 0.29) is 25.5 Å². The van der Waals surface area contributed by atoms with Crippen molar-refractivity contribution in [3.63, 3.8) is 0 Å². The molecule has 0 amide bonds. The number of carbonyl (C=O) groups excluding carboxylic acids is 2. The Morgan fingerprint density at radius 1 is 1.37 bits per heavy atom. The number of Topliss-reactive ketones (excluding diaryl/α,β-unsaturated/α-hetero) is 1. The van der Waals surface area contributed by atoms with Gasteiger partial charge in [0.05, 0.1) is 7.11 Å². The lowest BCUT2D eigenvalue weighted by atomic mass is 9.94. The Hall–Kier alpha value is -1.64. The Balaban J connectivity index is 0. The molecule has 0 fully saturated rings. The number of aldehydes is 1. The van der Waals surface area contributed by atoms with Crippen molar-refractivity contribution < 1.29 is 14.3 Å². The van der Waals surface area contributed by atoms with E-state index in [0.717, 1.165) is 17.6 Å². The quantitative estimate of drug-likeness (QED) is 0.596. The summed E-state index contributed by atoms with van der Waals surface area (Å²) in [5.41, 5.74) is 1.54. The fourth-order valence-corrected chi connectivity index (χ4v) is 1.56. The minimum Gasteiger partial charge on any atom is -0.497 e. The van der Waals surface area contributed by atoms with Crippen molar-refractivity contribution in [2.24, 2.45) is 5.92 Å². The second-order valence-electron chi connectivity index (χ2n) is 3.85. The predicted octanol–water partition coefficient (Wildman–Crippen LogP) is 4.07. The SMILES string of the molecule is C.CC.COc1ccc(C(=O)C(C)CC=O)c(C)c1. The molecule has 3 nitrogen and oxygen atoms in total. The summed E-state index contributed by atoms with van der Waals surface area (Å²) in [4.78, 5) is 22.3. The zero-order valence-corrected chi connectivity index (χ0v) is 11.8. The zero-order chi connectivity index (χ0) is 14.1. The molecule has 108 valence electrons. The van der Waals surface area contributed by atoms with Gasteiger partial charge in [-0.05, 0) is 30.7 Å². The highest BCUT2D eigenvalue weighted by Gasteiger charge is 2.16. The lowest BCUT2D eigenvalue weighted by Gasteiger charge is -2.10. The van der Waals surface area contributed by atoms with Crippen molar-refractivity contribution in [1.29, 1.82) is 0 Å². The van der Waals surface area contributed by atoms with Crippen LogP contribution in [-0.2, 0) is 4.79 Å². The fraction of sp³-hybridized carbons (Fsp3) is 0.500. The van der Waals surface area contributed by atoms with Gasteiger partial charge in [0.1, 0.15) is 12.0 Å². The molecular weight excluding hydrogens is 240 g/mol. The third kappa shape index (κ3) is 5.69. The smallest absolute Gasteiger partial charge is 0.166 e. The van der Waals surface area contributed by atoms with Crippen LogP contribution in [0.2, 0.25) is 0 Å². The number of ketones is 1. The van der Waals surface area contributed by atoms with Crippen LogP contribution in [0.15, 0.2) is 18.2 Å². The monoisotopic (exact) mass is 266 g/mol. The summed E-state index contributed by atoms with van der Waals surface area (Å²) >= 11 is 0. The van der Waals surface area contributed by atoms with Gasteiger partial charge in [0.15, 0.2) is 5.78 Å². The number of aryl methyl sites for hydroxylation is 1. The van der Waals surface area contributed by atoms with E-state index >= 15 is 0 Å². The lowest BCUT2D eigenvalue weighted by Crippen LogP contribution is -2.13. The summed E-state index contributed by atoms with van der Waals surface area (Å²) in [5, 5.41) is 0. The number of methoxy groups -OCH3 is 1. The van der Waals surface area contributed by atoms with E-state index < -0.39 is 0 Å². The molecule has 1 rings (SSSR count). The van der Waals surface area contributed by atoms with Gasteiger partial charge in [0, 0.05) is 17.9 Å². The molecule has 0 aliphatic carbocycles. The molecule has 3 heteroatoms. The average Bonchev–Trinajstić information content (AvgIpc) is 2.40. The summed E-state index contributed by atoms with van der Waals surface area (Å²) in [6.45, 7) is 7.63. The van der Waals surface area contributed by atoms with Crippen LogP contribution >= 0.6 is 0 Å². The molecule has 1 unspecified atom stereocenters. The molecule has 0 aliphatic heterocycles. The molecule has 0 radical (unpaired) electrons.